The molecule has 0 saturated heterocycles. The molecule has 3 aromatic carbocycles. The lowest BCUT2D eigenvalue weighted by Gasteiger charge is -2.32. The zero-order valence-electron chi connectivity index (χ0n) is 22.3. The number of carbonyl (C=O) groups excluding carboxylic acids is 2. The van der Waals surface area contributed by atoms with Crippen molar-refractivity contribution >= 4 is 43.5 Å². The summed E-state index contributed by atoms with van der Waals surface area (Å²) in [4.78, 5) is 28.0. The van der Waals surface area contributed by atoms with Gasteiger partial charge in [-0.1, -0.05) is 40.2 Å². The number of para-hydroxylation sites is 2. The number of anilines is 1. The molecule has 0 aliphatic rings. The normalized spacial score (nSPS) is 11.8. The third-order valence-corrected chi connectivity index (χ3v) is 8.37. The van der Waals surface area contributed by atoms with Gasteiger partial charge in [0.05, 0.1) is 24.8 Å². The standard InChI is InChI=1S/C28H32BrN3O6S/c1-5-30-28(34)20(2)31(18-21-10-12-22(29)13-11-21)27(33)19-32(25-8-6-7-9-26(25)38-4)39(35,36)24-16-14-23(37-3)15-17-24/h6-17,20H,5,18-19H2,1-4H3,(H,30,34). The molecule has 9 nitrogen and oxygen atoms in total. The minimum absolute atomic E-state index is 0.0294. The highest BCUT2D eigenvalue weighted by Crippen LogP contribution is 2.33. The van der Waals surface area contributed by atoms with Crippen LogP contribution in [0.15, 0.2) is 82.2 Å². The molecule has 0 spiro atoms. The van der Waals surface area contributed by atoms with Crippen LogP contribution in [0.5, 0.6) is 11.5 Å². The van der Waals surface area contributed by atoms with Crippen LogP contribution in [0.3, 0.4) is 0 Å². The zero-order chi connectivity index (χ0) is 28.6. The summed E-state index contributed by atoms with van der Waals surface area (Å²) in [5.74, 6) is -0.131. The first-order valence-electron chi connectivity index (χ1n) is 12.2. The van der Waals surface area contributed by atoms with E-state index in [9.17, 15) is 18.0 Å². The van der Waals surface area contributed by atoms with Gasteiger partial charge in [0.1, 0.15) is 24.1 Å². The van der Waals surface area contributed by atoms with E-state index < -0.39 is 28.5 Å². The van der Waals surface area contributed by atoms with Gasteiger partial charge in [-0.05, 0) is 67.9 Å². The summed E-state index contributed by atoms with van der Waals surface area (Å²) in [6.45, 7) is 3.34. The summed E-state index contributed by atoms with van der Waals surface area (Å²) in [6.07, 6.45) is 0. The van der Waals surface area contributed by atoms with Crippen molar-refractivity contribution in [1.82, 2.24) is 10.2 Å². The van der Waals surface area contributed by atoms with E-state index >= 15 is 0 Å². The van der Waals surface area contributed by atoms with E-state index in [1.807, 2.05) is 24.3 Å². The van der Waals surface area contributed by atoms with Crippen LogP contribution in [0.1, 0.15) is 19.4 Å². The number of methoxy groups -OCH3 is 2. The molecule has 1 unspecified atom stereocenters. The smallest absolute Gasteiger partial charge is 0.264 e. The van der Waals surface area contributed by atoms with Gasteiger partial charge < -0.3 is 19.7 Å². The molecule has 3 rings (SSSR count). The number of sulfonamides is 1. The van der Waals surface area contributed by atoms with E-state index in [0.717, 1.165) is 14.3 Å². The zero-order valence-corrected chi connectivity index (χ0v) is 24.7. The Hall–Kier alpha value is -3.57. The van der Waals surface area contributed by atoms with Crippen LogP contribution < -0.4 is 19.1 Å². The van der Waals surface area contributed by atoms with Crippen LogP contribution in [-0.2, 0) is 26.2 Å². The Labute approximate surface area is 237 Å². The second-order valence-electron chi connectivity index (χ2n) is 8.58. The molecule has 0 bridgehead atoms. The van der Waals surface area contributed by atoms with Crippen molar-refractivity contribution in [3.8, 4) is 11.5 Å². The van der Waals surface area contributed by atoms with Crippen molar-refractivity contribution < 1.29 is 27.5 Å². The number of hydrogen-bond acceptors (Lipinski definition) is 6. The highest BCUT2D eigenvalue weighted by molar-refractivity contribution is 9.10. The first kappa shape index (κ1) is 30.0. The van der Waals surface area contributed by atoms with Crippen LogP contribution >= 0.6 is 15.9 Å². The number of hydrogen-bond donors (Lipinski definition) is 1. The molecule has 0 aromatic heterocycles. The van der Waals surface area contributed by atoms with E-state index in [2.05, 4.69) is 21.2 Å². The Morgan fingerprint density at radius 2 is 1.59 bits per heavy atom. The molecule has 11 heteroatoms. The fraction of sp³-hybridized carbons (Fsp3) is 0.286. The second kappa shape index (κ2) is 13.5. The Morgan fingerprint density at radius 3 is 2.18 bits per heavy atom. The molecule has 0 heterocycles. The largest absolute Gasteiger partial charge is 0.497 e. The van der Waals surface area contributed by atoms with E-state index in [1.54, 1.807) is 38.1 Å². The van der Waals surface area contributed by atoms with Gasteiger partial charge in [0, 0.05) is 17.6 Å². The summed E-state index contributed by atoms with van der Waals surface area (Å²) in [5.41, 5.74) is 0.975. The number of nitrogens with one attached hydrogen (secondary N) is 1. The minimum Gasteiger partial charge on any atom is -0.497 e. The lowest BCUT2D eigenvalue weighted by Crippen LogP contribution is -2.51. The van der Waals surface area contributed by atoms with E-state index in [-0.39, 0.29) is 28.8 Å². The molecule has 39 heavy (non-hydrogen) atoms. The number of rotatable bonds is 12. The SMILES string of the molecule is CCNC(=O)C(C)N(Cc1ccc(Br)cc1)C(=O)CN(c1ccccc1OC)S(=O)(=O)c1ccc(OC)cc1. The summed E-state index contributed by atoms with van der Waals surface area (Å²) < 4.78 is 40.4. The topological polar surface area (TPSA) is 105 Å². The molecular formula is C28H32BrN3O6S. The summed E-state index contributed by atoms with van der Waals surface area (Å²) >= 11 is 3.40. The minimum atomic E-state index is -4.23. The molecule has 0 radical (unpaired) electrons. The van der Waals surface area contributed by atoms with Crippen molar-refractivity contribution in [1.29, 1.82) is 0 Å². The van der Waals surface area contributed by atoms with Crippen LogP contribution in [0.2, 0.25) is 0 Å². The van der Waals surface area contributed by atoms with E-state index in [0.29, 0.717) is 12.3 Å². The van der Waals surface area contributed by atoms with Crippen molar-refractivity contribution in [2.45, 2.75) is 31.3 Å². The Bertz CT molecular complexity index is 1380. The summed E-state index contributed by atoms with van der Waals surface area (Å²) in [5, 5.41) is 2.74. The molecule has 208 valence electrons. The monoisotopic (exact) mass is 617 g/mol. The van der Waals surface area contributed by atoms with Crippen molar-refractivity contribution in [3.05, 3.63) is 82.8 Å². The molecule has 0 saturated carbocycles. The molecule has 0 fully saturated rings. The van der Waals surface area contributed by atoms with Gasteiger partial charge in [0.2, 0.25) is 11.8 Å². The lowest BCUT2D eigenvalue weighted by atomic mass is 10.1. The van der Waals surface area contributed by atoms with Crippen LogP contribution in [0.25, 0.3) is 0 Å². The van der Waals surface area contributed by atoms with Crippen LogP contribution in [0, 0.1) is 0 Å². The molecule has 1 N–H and O–H groups in total. The maximum atomic E-state index is 13.9. The van der Waals surface area contributed by atoms with E-state index in [4.69, 9.17) is 9.47 Å². The predicted octanol–water partition coefficient (Wildman–Crippen LogP) is 4.22. The number of ether oxygens (including phenoxy) is 2. The first-order chi connectivity index (χ1) is 18.6. The maximum Gasteiger partial charge on any atom is 0.264 e. The van der Waals surface area contributed by atoms with Crippen LogP contribution in [-0.4, -0.2) is 58.5 Å². The average Bonchev–Trinajstić information content (AvgIpc) is 2.95. The maximum absolute atomic E-state index is 13.9. The average molecular weight is 619 g/mol. The number of carbonyl (C=O) groups is 2. The fourth-order valence-corrected chi connectivity index (χ4v) is 5.60. The van der Waals surface area contributed by atoms with Gasteiger partial charge >= 0.3 is 0 Å². The molecule has 3 aromatic rings. The molecular weight excluding hydrogens is 586 g/mol. The number of benzene rings is 3. The fourth-order valence-electron chi connectivity index (χ4n) is 3.92. The number of amides is 2. The third kappa shape index (κ3) is 7.30. The molecule has 0 aliphatic heterocycles. The molecule has 0 aliphatic carbocycles. The molecule has 1 atom stereocenters. The molecule has 2 amide bonds. The van der Waals surface area contributed by atoms with E-state index in [1.165, 1.54) is 43.4 Å². The van der Waals surface area contributed by atoms with Crippen molar-refractivity contribution in [2.24, 2.45) is 0 Å². The Morgan fingerprint density at radius 1 is 0.949 bits per heavy atom. The Balaban J connectivity index is 2.06. The van der Waals surface area contributed by atoms with Crippen molar-refractivity contribution in [3.63, 3.8) is 0 Å². The third-order valence-electron chi connectivity index (χ3n) is 6.06. The quantitative estimate of drug-likeness (QED) is 0.326. The van der Waals surface area contributed by atoms with Crippen molar-refractivity contribution in [2.75, 3.05) is 31.6 Å². The Kier molecular flexibility index (Phi) is 10.4. The second-order valence-corrected chi connectivity index (χ2v) is 11.4. The first-order valence-corrected chi connectivity index (χ1v) is 14.5. The highest BCUT2D eigenvalue weighted by Gasteiger charge is 2.33. The number of nitrogens with zero attached hydrogens (tertiary/aromatic N) is 2. The van der Waals surface area contributed by atoms with Gasteiger partial charge in [-0.25, -0.2) is 8.42 Å². The predicted molar refractivity (Wildman–Crippen MR) is 153 cm³/mol. The van der Waals surface area contributed by atoms with Crippen LogP contribution in [0.4, 0.5) is 5.69 Å². The van der Waals surface area contributed by atoms with Gasteiger partial charge in [-0.15, -0.1) is 0 Å². The van der Waals surface area contributed by atoms with Gasteiger partial charge in [0.15, 0.2) is 0 Å². The lowest BCUT2D eigenvalue weighted by molar-refractivity contribution is -0.139. The van der Waals surface area contributed by atoms with Gasteiger partial charge in [0.25, 0.3) is 10.0 Å². The summed E-state index contributed by atoms with van der Waals surface area (Å²) in [6, 6.07) is 18.9. The number of likely N-dealkylation sites (N-methyl/N-ethyl adjacent to an activating group) is 1. The number of halogens is 1. The van der Waals surface area contributed by atoms with Gasteiger partial charge in [-0.3, -0.25) is 13.9 Å². The summed E-state index contributed by atoms with van der Waals surface area (Å²) in [7, 11) is -1.32. The highest BCUT2D eigenvalue weighted by atomic mass is 79.9. The van der Waals surface area contributed by atoms with Gasteiger partial charge in [-0.2, -0.15) is 0 Å².